The molecule has 0 bridgehead atoms. The number of aryl methyl sites for hydroxylation is 1. The van der Waals surface area contributed by atoms with E-state index < -0.39 is 0 Å². The van der Waals surface area contributed by atoms with E-state index in [1.807, 2.05) is 19.1 Å². The Hall–Kier alpha value is -2.74. The van der Waals surface area contributed by atoms with Gasteiger partial charge in [0.2, 0.25) is 0 Å². The van der Waals surface area contributed by atoms with Crippen LogP contribution in [0.2, 0.25) is 0 Å². The molecule has 0 saturated carbocycles. The fourth-order valence-corrected chi connectivity index (χ4v) is 2.52. The molecule has 0 saturated heterocycles. The molecule has 0 aliphatic carbocycles. The summed E-state index contributed by atoms with van der Waals surface area (Å²) in [5, 5.41) is 2.41. The predicted octanol–water partition coefficient (Wildman–Crippen LogP) is 4.89. The molecule has 1 aromatic heterocycles. The third kappa shape index (κ3) is 2.36. The van der Waals surface area contributed by atoms with E-state index in [1.54, 1.807) is 12.2 Å². The lowest BCUT2D eigenvalue weighted by Gasteiger charge is -2.10. The van der Waals surface area contributed by atoms with Crippen molar-refractivity contribution in [2.24, 2.45) is 0 Å². The monoisotopic (exact) mass is 272 g/mol. The first-order valence-electron chi connectivity index (χ1n) is 6.85. The molecule has 21 heavy (non-hydrogen) atoms. The Kier molecular flexibility index (Phi) is 3.36. The minimum atomic E-state index is 0.735. The first-order valence-corrected chi connectivity index (χ1v) is 6.85. The van der Waals surface area contributed by atoms with Crippen LogP contribution in [-0.4, -0.2) is 9.97 Å². The first kappa shape index (κ1) is 13.3. The molecule has 0 spiro atoms. The van der Waals surface area contributed by atoms with Gasteiger partial charge in [0.15, 0.2) is 0 Å². The van der Waals surface area contributed by atoms with Crippen LogP contribution in [0.5, 0.6) is 0 Å². The average molecular weight is 272 g/mol. The summed E-state index contributed by atoms with van der Waals surface area (Å²) >= 11 is 0. The highest BCUT2D eigenvalue weighted by Crippen LogP contribution is 2.28. The van der Waals surface area contributed by atoms with Gasteiger partial charge in [-0.25, -0.2) is 9.97 Å². The minimum absolute atomic E-state index is 0.735. The van der Waals surface area contributed by atoms with Gasteiger partial charge in [-0.1, -0.05) is 55.6 Å². The first-order chi connectivity index (χ1) is 10.2. The van der Waals surface area contributed by atoms with Gasteiger partial charge in [-0.3, -0.25) is 0 Å². The summed E-state index contributed by atoms with van der Waals surface area (Å²) in [5.74, 6) is 0.735. The van der Waals surface area contributed by atoms with Gasteiger partial charge in [0, 0.05) is 11.1 Å². The molecule has 0 unspecified atom stereocenters. The van der Waals surface area contributed by atoms with Crippen LogP contribution in [0, 0.1) is 6.92 Å². The SMILES string of the molecule is C=Cc1nc(C)nc(-c2ccc3ccccc3c2)c1C=C. The molecule has 2 aromatic carbocycles. The molecule has 1 heterocycles. The van der Waals surface area contributed by atoms with Crippen molar-refractivity contribution in [1.82, 2.24) is 9.97 Å². The number of nitrogens with zero attached hydrogens (tertiary/aromatic N) is 2. The maximum absolute atomic E-state index is 4.60. The van der Waals surface area contributed by atoms with Gasteiger partial charge >= 0.3 is 0 Å². The third-order valence-corrected chi connectivity index (χ3v) is 3.51. The summed E-state index contributed by atoms with van der Waals surface area (Å²) in [4.78, 5) is 9.01. The molecule has 0 fully saturated rings. The second kappa shape index (κ2) is 5.33. The summed E-state index contributed by atoms with van der Waals surface area (Å²) in [7, 11) is 0. The number of rotatable bonds is 3. The number of fused-ring (bicyclic) bond motifs is 1. The van der Waals surface area contributed by atoms with Gasteiger partial charge in [-0.2, -0.15) is 0 Å². The number of hydrogen-bond acceptors (Lipinski definition) is 2. The zero-order valence-corrected chi connectivity index (χ0v) is 12.0. The topological polar surface area (TPSA) is 25.8 Å². The van der Waals surface area contributed by atoms with Crippen LogP contribution in [0.25, 0.3) is 34.2 Å². The highest BCUT2D eigenvalue weighted by atomic mass is 14.9. The fourth-order valence-electron chi connectivity index (χ4n) is 2.52. The van der Waals surface area contributed by atoms with Gasteiger partial charge in [0.05, 0.1) is 11.4 Å². The van der Waals surface area contributed by atoms with Crippen LogP contribution < -0.4 is 0 Å². The van der Waals surface area contributed by atoms with Crippen molar-refractivity contribution in [3.63, 3.8) is 0 Å². The van der Waals surface area contributed by atoms with E-state index in [0.29, 0.717) is 0 Å². The Labute approximate surface area is 124 Å². The summed E-state index contributed by atoms with van der Waals surface area (Å²) in [5.41, 5.74) is 3.71. The van der Waals surface area contributed by atoms with Gasteiger partial charge in [-0.05, 0) is 29.8 Å². The molecular formula is C19H16N2. The largest absolute Gasteiger partial charge is 0.233 e. The zero-order valence-electron chi connectivity index (χ0n) is 12.0. The highest BCUT2D eigenvalue weighted by molar-refractivity contribution is 5.88. The summed E-state index contributed by atoms with van der Waals surface area (Å²) in [6.45, 7) is 9.61. The molecule has 2 heteroatoms. The van der Waals surface area contributed by atoms with Crippen molar-refractivity contribution in [3.8, 4) is 11.3 Å². The molecule has 3 aromatic rings. The Morgan fingerprint density at radius 1 is 0.905 bits per heavy atom. The molecule has 0 N–H and O–H groups in total. The Morgan fingerprint density at radius 3 is 2.38 bits per heavy atom. The second-order valence-electron chi connectivity index (χ2n) is 4.89. The molecule has 3 rings (SSSR count). The number of hydrogen-bond donors (Lipinski definition) is 0. The van der Waals surface area contributed by atoms with E-state index >= 15 is 0 Å². The number of aromatic nitrogens is 2. The quantitative estimate of drug-likeness (QED) is 0.678. The number of benzene rings is 2. The van der Waals surface area contributed by atoms with Crippen LogP contribution >= 0.6 is 0 Å². The summed E-state index contributed by atoms with van der Waals surface area (Å²) in [6.07, 6.45) is 3.54. The Bertz CT molecular complexity index is 847. The Balaban J connectivity index is 2.28. The van der Waals surface area contributed by atoms with Crippen LogP contribution in [-0.2, 0) is 0 Å². The molecule has 0 radical (unpaired) electrons. The lowest BCUT2D eigenvalue weighted by Crippen LogP contribution is -1.99. The molecule has 0 atom stereocenters. The fraction of sp³-hybridized carbons (Fsp3) is 0.0526. The van der Waals surface area contributed by atoms with Gasteiger partial charge in [0.25, 0.3) is 0 Å². The lowest BCUT2D eigenvalue weighted by molar-refractivity contribution is 1.04. The van der Waals surface area contributed by atoms with Crippen LogP contribution in [0.15, 0.2) is 55.6 Å². The summed E-state index contributed by atoms with van der Waals surface area (Å²) in [6, 6.07) is 14.6. The average Bonchev–Trinajstić information content (AvgIpc) is 2.53. The van der Waals surface area contributed by atoms with Crippen LogP contribution in [0.3, 0.4) is 0 Å². The van der Waals surface area contributed by atoms with E-state index in [-0.39, 0.29) is 0 Å². The predicted molar refractivity (Wildman–Crippen MR) is 89.9 cm³/mol. The maximum atomic E-state index is 4.60. The maximum Gasteiger partial charge on any atom is 0.126 e. The second-order valence-corrected chi connectivity index (χ2v) is 4.89. The van der Waals surface area contributed by atoms with Gasteiger partial charge in [0.1, 0.15) is 5.82 Å². The van der Waals surface area contributed by atoms with E-state index in [2.05, 4.69) is 53.5 Å². The lowest BCUT2D eigenvalue weighted by atomic mass is 10.0. The Morgan fingerprint density at radius 2 is 1.67 bits per heavy atom. The normalized spacial score (nSPS) is 10.5. The molecular weight excluding hydrogens is 256 g/mol. The van der Waals surface area contributed by atoms with Crippen molar-refractivity contribution < 1.29 is 0 Å². The third-order valence-electron chi connectivity index (χ3n) is 3.51. The van der Waals surface area contributed by atoms with E-state index in [0.717, 1.165) is 28.3 Å². The van der Waals surface area contributed by atoms with Crippen molar-refractivity contribution in [2.75, 3.05) is 0 Å². The molecule has 0 amide bonds. The van der Waals surface area contributed by atoms with Crippen molar-refractivity contribution in [2.45, 2.75) is 6.92 Å². The molecule has 0 aliphatic rings. The molecule has 0 aliphatic heterocycles. The molecule has 102 valence electrons. The van der Waals surface area contributed by atoms with Crippen LogP contribution in [0.1, 0.15) is 17.1 Å². The van der Waals surface area contributed by atoms with Gasteiger partial charge in [-0.15, -0.1) is 0 Å². The van der Waals surface area contributed by atoms with E-state index in [1.165, 1.54) is 10.8 Å². The van der Waals surface area contributed by atoms with Crippen molar-refractivity contribution in [1.29, 1.82) is 0 Å². The minimum Gasteiger partial charge on any atom is -0.233 e. The van der Waals surface area contributed by atoms with Crippen LogP contribution in [0.4, 0.5) is 0 Å². The van der Waals surface area contributed by atoms with Crippen molar-refractivity contribution >= 4 is 22.9 Å². The smallest absolute Gasteiger partial charge is 0.126 e. The van der Waals surface area contributed by atoms with E-state index in [4.69, 9.17) is 0 Å². The highest BCUT2D eigenvalue weighted by Gasteiger charge is 2.11. The zero-order chi connectivity index (χ0) is 14.8. The standard InChI is InChI=1S/C19H16N2/c1-4-17-18(5-2)20-13(3)21-19(17)16-11-10-14-8-6-7-9-15(14)12-16/h4-12H,1-2H2,3H3. The van der Waals surface area contributed by atoms with E-state index in [9.17, 15) is 0 Å². The van der Waals surface area contributed by atoms with Gasteiger partial charge < -0.3 is 0 Å². The molecule has 2 nitrogen and oxygen atoms in total. The van der Waals surface area contributed by atoms with Crippen molar-refractivity contribution in [3.05, 3.63) is 72.7 Å². The summed E-state index contributed by atoms with van der Waals surface area (Å²) < 4.78 is 0.